The molecule has 1 unspecified atom stereocenters. The van der Waals surface area contributed by atoms with Crippen molar-refractivity contribution < 1.29 is 9.84 Å². The highest BCUT2D eigenvalue weighted by atomic mass is 79.9. The molecule has 0 heterocycles. The van der Waals surface area contributed by atoms with Crippen molar-refractivity contribution in [3.05, 3.63) is 27.2 Å². The normalized spacial score (nSPS) is 12.8. The maximum atomic E-state index is 10.6. The monoisotopic (exact) mass is 348 g/mol. The fourth-order valence-corrected chi connectivity index (χ4v) is 3.47. The second kappa shape index (κ2) is 8.13. The summed E-state index contributed by atoms with van der Waals surface area (Å²) in [5.41, 5.74) is 0.772. The fourth-order valence-electron chi connectivity index (χ4n) is 2.47. The van der Waals surface area contributed by atoms with E-state index >= 15 is 0 Å². The van der Waals surface area contributed by atoms with Gasteiger partial charge in [0.1, 0.15) is 5.75 Å². The molecule has 0 amide bonds. The van der Waals surface area contributed by atoms with Crippen molar-refractivity contribution in [1.82, 2.24) is 0 Å². The van der Waals surface area contributed by atoms with Crippen LogP contribution in [0.2, 0.25) is 5.02 Å². The predicted molar refractivity (Wildman–Crippen MR) is 84.0 cm³/mol. The van der Waals surface area contributed by atoms with Gasteiger partial charge in [-0.2, -0.15) is 0 Å². The van der Waals surface area contributed by atoms with Crippen LogP contribution in [0.1, 0.15) is 51.2 Å². The average molecular weight is 350 g/mol. The zero-order valence-corrected chi connectivity index (χ0v) is 14.1. The summed E-state index contributed by atoms with van der Waals surface area (Å²) in [6, 6.07) is 3.58. The molecule has 0 aromatic heterocycles. The van der Waals surface area contributed by atoms with Gasteiger partial charge in [0.15, 0.2) is 0 Å². The molecule has 0 aliphatic carbocycles. The molecule has 0 bridgehead atoms. The number of ether oxygens (including phenoxy) is 1. The van der Waals surface area contributed by atoms with Crippen molar-refractivity contribution in [2.75, 3.05) is 7.11 Å². The number of hydrogen-bond acceptors (Lipinski definition) is 2. The molecule has 4 heteroatoms. The molecule has 0 fully saturated rings. The van der Waals surface area contributed by atoms with E-state index in [1.807, 2.05) is 0 Å². The number of halogens is 2. The number of rotatable bonds is 7. The minimum Gasteiger partial charge on any atom is -0.495 e. The Hall–Kier alpha value is -0.250. The van der Waals surface area contributed by atoms with Crippen LogP contribution in [0.3, 0.4) is 0 Å². The van der Waals surface area contributed by atoms with E-state index in [0.717, 1.165) is 35.7 Å². The van der Waals surface area contributed by atoms with E-state index in [1.165, 1.54) is 0 Å². The van der Waals surface area contributed by atoms with Gasteiger partial charge in [0.25, 0.3) is 0 Å². The Kier molecular flexibility index (Phi) is 7.19. The van der Waals surface area contributed by atoms with Crippen LogP contribution in [0.15, 0.2) is 16.6 Å². The lowest BCUT2D eigenvalue weighted by molar-refractivity contribution is 0.0937. The summed E-state index contributed by atoms with van der Waals surface area (Å²) < 4.78 is 6.17. The Morgan fingerprint density at radius 1 is 1.26 bits per heavy atom. The molecule has 1 N–H and O–H groups in total. The van der Waals surface area contributed by atoms with Gasteiger partial charge < -0.3 is 9.84 Å². The Labute approximate surface area is 129 Å². The molecule has 1 rings (SSSR count). The Morgan fingerprint density at radius 3 is 2.32 bits per heavy atom. The van der Waals surface area contributed by atoms with Crippen LogP contribution in [0.5, 0.6) is 5.75 Å². The van der Waals surface area contributed by atoms with E-state index in [-0.39, 0.29) is 5.92 Å². The third-order valence-corrected chi connectivity index (χ3v) is 4.13. The number of aliphatic hydroxyl groups is 1. The van der Waals surface area contributed by atoms with E-state index in [4.69, 9.17) is 16.3 Å². The standard InChI is InChI=1S/C15H22BrClO2/c1-4-6-10(7-5-2)14(18)12-8-11(17)9-13(16)15(12)19-3/h8-10,14,18H,4-7H2,1-3H3. The molecule has 1 aromatic carbocycles. The molecular formula is C15H22BrClO2. The second-order valence-corrected chi connectivity index (χ2v) is 6.08. The summed E-state index contributed by atoms with van der Waals surface area (Å²) in [6.07, 6.45) is 3.59. The summed E-state index contributed by atoms with van der Waals surface area (Å²) in [5, 5.41) is 11.2. The average Bonchev–Trinajstić information content (AvgIpc) is 2.37. The SMILES string of the molecule is CCCC(CCC)C(O)c1cc(Cl)cc(Br)c1OC. The third-order valence-electron chi connectivity index (χ3n) is 3.33. The summed E-state index contributed by atoms with van der Waals surface area (Å²) in [6.45, 7) is 4.28. The number of aliphatic hydroxyl groups excluding tert-OH is 1. The van der Waals surface area contributed by atoms with Gasteiger partial charge in [-0.05, 0) is 46.8 Å². The second-order valence-electron chi connectivity index (χ2n) is 4.79. The topological polar surface area (TPSA) is 29.5 Å². The molecule has 0 spiro atoms. The molecule has 0 radical (unpaired) electrons. The lowest BCUT2D eigenvalue weighted by Gasteiger charge is -2.24. The molecule has 0 saturated heterocycles. The van der Waals surface area contributed by atoms with Crippen LogP contribution in [-0.2, 0) is 0 Å². The quantitative estimate of drug-likeness (QED) is 0.718. The van der Waals surface area contributed by atoms with E-state index in [0.29, 0.717) is 10.8 Å². The summed E-state index contributed by atoms with van der Waals surface area (Å²) in [4.78, 5) is 0. The highest BCUT2D eigenvalue weighted by Gasteiger charge is 2.24. The number of methoxy groups -OCH3 is 1. The van der Waals surface area contributed by atoms with Crippen molar-refractivity contribution in [3.8, 4) is 5.75 Å². The molecular weight excluding hydrogens is 328 g/mol. The van der Waals surface area contributed by atoms with Gasteiger partial charge >= 0.3 is 0 Å². The molecule has 2 nitrogen and oxygen atoms in total. The first kappa shape index (κ1) is 16.8. The summed E-state index contributed by atoms with van der Waals surface area (Å²) in [7, 11) is 1.61. The lowest BCUT2D eigenvalue weighted by atomic mass is 9.88. The maximum Gasteiger partial charge on any atom is 0.138 e. The minimum atomic E-state index is -0.537. The summed E-state index contributed by atoms with van der Waals surface area (Å²) in [5.74, 6) is 0.920. The van der Waals surface area contributed by atoms with Crippen molar-refractivity contribution in [1.29, 1.82) is 0 Å². The molecule has 1 aromatic rings. The molecule has 0 saturated carbocycles. The van der Waals surface area contributed by atoms with Crippen molar-refractivity contribution in [3.63, 3.8) is 0 Å². The van der Waals surface area contributed by atoms with E-state index < -0.39 is 6.10 Å². The van der Waals surface area contributed by atoms with Gasteiger partial charge in [0.05, 0.1) is 17.7 Å². The van der Waals surface area contributed by atoms with Crippen LogP contribution in [0.25, 0.3) is 0 Å². The first-order valence-electron chi connectivity index (χ1n) is 6.76. The van der Waals surface area contributed by atoms with Crippen LogP contribution < -0.4 is 4.74 Å². The van der Waals surface area contributed by atoms with Gasteiger partial charge in [0.2, 0.25) is 0 Å². The molecule has 0 aliphatic heterocycles. The molecule has 0 aliphatic rings. The smallest absolute Gasteiger partial charge is 0.138 e. The lowest BCUT2D eigenvalue weighted by Crippen LogP contribution is -2.14. The Balaban J connectivity index is 3.11. The predicted octanol–water partition coefficient (Wildman–Crippen LogP) is 5.36. The van der Waals surface area contributed by atoms with Crippen molar-refractivity contribution in [2.24, 2.45) is 5.92 Å². The van der Waals surface area contributed by atoms with Gasteiger partial charge in [-0.1, -0.05) is 38.3 Å². The zero-order chi connectivity index (χ0) is 14.4. The van der Waals surface area contributed by atoms with Crippen LogP contribution >= 0.6 is 27.5 Å². The largest absolute Gasteiger partial charge is 0.495 e. The van der Waals surface area contributed by atoms with Gasteiger partial charge in [-0.15, -0.1) is 0 Å². The first-order chi connectivity index (χ1) is 9.04. The number of benzene rings is 1. The highest BCUT2D eigenvalue weighted by molar-refractivity contribution is 9.10. The molecule has 1 atom stereocenters. The molecule has 108 valence electrons. The minimum absolute atomic E-state index is 0.245. The number of hydrogen-bond donors (Lipinski definition) is 1. The first-order valence-corrected chi connectivity index (χ1v) is 7.93. The van der Waals surface area contributed by atoms with E-state index in [9.17, 15) is 5.11 Å². The van der Waals surface area contributed by atoms with Gasteiger partial charge in [-0.3, -0.25) is 0 Å². The van der Waals surface area contributed by atoms with Crippen molar-refractivity contribution >= 4 is 27.5 Å². The summed E-state index contributed by atoms with van der Waals surface area (Å²) >= 11 is 9.52. The zero-order valence-electron chi connectivity index (χ0n) is 11.7. The molecule has 19 heavy (non-hydrogen) atoms. The van der Waals surface area contributed by atoms with Gasteiger partial charge in [0, 0.05) is 10.6 Å². The van der Waals surface area contributed by atoms with Crippen molar-refractivity contribution in [2.45, 2.75) is 45.6 Å². The Morgan fingerprint density at radius 2 is 1.84 bits per heavy atom. The maximum absolute atomic E-state index is 10.6. The van der Waals surface area contributed by atoms with Crippen LogP contribution in [-0.4, -0.2) is 12.2 Å². The Bertz CT molecular complexity index is 403. The van der Waals surface area contributed by atoms with Crippen LogP contribution in [0, 0.1) is 5.92 Å². The van der Waals surface area contributed by atoms with E-state index in [2.05, 4.69) is 29.8 Å². The third kappa shape index (κ3) is 4.37. The van der Waals surface area contributed by atoms with Gasteiger partial charge in [-0.25, -0.2) is 0 Å². The van der Waals surface area contributed by atoms with Crippen LogP contribution in [0.4, 0.5) is 0 Å². The fraction of sp³-hybridized carbons (Fsp3) is 0.600. The highest BCUT2D eigenvalue weighted by Crippen LogP contribution is 2.40. The van der Waals surface area contributed by atoms with E-state index in [1.54, 1.807) is 19.2 Å².